The van der Waals surface area contributed by atoms with Crippen molar-refractivity contribution in [2.24, 2.45) is 11.8 Å². The second-order valence-corrected chi connectivity index (χ2v) is 45.8. The first kappa shape index (κ1) is 91.8. The van der Waals surface area contributed by atoms with E-state index in [-0.39, 0.29) is 47.7 Å². The number of fused-ring (bicyclic) bond motifs is 6. The summed E-state index contributed by atoms with van der Waals surface area (Å²) in [5, 5.41) is 13.8. The van der Waals surface area contributed by atoms with Crippen molar-refractivity contribution in [3.8, 4) is 34.5 Å². The Bertz CT molecular complexity index is 5630. The molecule has 0 spiro atoms. The van der Waals surface area contributed by atoms with Crippen molar-refractivity contribution < 1.29 is 57.2 Å². The molecule has 0 radical (unpaired) electrons. The lowest BCUT2D eigenvalue weighted by molar-refractivity contribution is -0.138. The minimum absolute atomic E-state index is 0.111. The summed E-state index contributed by atoms with van der Waals surface area (Å²) in [6.45, 7) is 14.0. The molecule has 0 amide bonds. The van der Waals surface area contributed by atoms with Gasteiger partial charge in [-0.1, -0.05) is 151 Å². The Hall–Kier alpha value is -8.88. The Morgan fingerprint density at radius 2 is 0.390 bits per heavy atom. The summed E-state index contributed by atoms with van der Waals surface area (Å²) < 4.78 is 32.8. The van der Waals surface area contributed by atoms with Gasteiger partial charge in [0, 0.05) is 157 Å². The molecule has 0 aromatic heterocycles. The quantitative estimate of drug-likeness (QED) is 0.0513. The second kappa shape index (κ2) is 45.8. The van der Waals surface area contributed by atoms with Gasteiger partial charge in [-0.3, -0.25) is 28.8 Å². The molecule has 6 heterocycles. The Labute approximate surface area is 744 Å². The van der Waals surface area contributed by atoms with Crippen LogP contribution >= 0.6 is 0 Å². The van der Waals surface area contributed by atoms with Crippen molar-refractivity contribution in [3.05, 3.63) is 218 Å². The highest BCUT2D eigenvalue weighted by molar-refractivity contribution is 7.98. The molecule has 123 heavy (non-hydrogen) atoms. The zero-order valence-electron chi connectivity index (χ0n) is 72.8. The maximum absolute atomic E-state index is 11.9. The fraction of sp³-hybridized carbons (Fsp3) is 0.371. The van der Waals surface area contributed by atoms with Crippen molar-refractivity contribution in [1.82, 2.24) is 0 Å². The van der Waals surface area contributed by atoms with Crippen LogP contribution in [0.25, 0.3) is 64.6 Å². The fourth-order valence-corrected chi connectivity index (χ4v) is 31.4. The number of ether oxygens (including phenoxy) is 6. The van der Waals surface area contributed by atoms with Crippen LogP contribution in [0.5, 0.6) is 34.5 Å². The molecule has 18 heteroatoms. The smallest absolute Gasteiger partial charge is 0.313 e. The second-order valence-electron chi connectivity index (χ2n) is 32.3. The van der Waals surface area contributed by atoms with E-state index in [9.17, 15) is 28.8 Å². The number of carbonyl (C=O) groups excluding carboxylic acids is 6. The molecule has 0 unspecified atom stereocenters. The van der Waals surface area contributed by atoms with Crippen molar-refractivity contribution in [2.45, 2.75) is 194 Å². The van der Waals surface area contributed by atoms with E-state index in [1.54, 1.807) is 0 Å². The van der Waals surface area contributed by atoms with Crippen LogP contribution in [0.3, 0.4) is 0 Å². The molecule has 6 saturated heterocycles. The Morgan fingerprint density at radius 3 is 0.561 bits per heavy atom. The maximum atomic E-state index is 11.9. The maximum Gasteiger partial charge on any atom is 0.313 e. The molecule has 18 rings (SSSR count). The lowest BCUT2D eigenvalue weighted by Gasteiger charge is -2.16. The highest BCUT2D eigenvalue weighted by Gasteiger charge is 2.35. The first-order chi connectivity index (χ1) is 59.9. The van der Waals surface area contributed by atoms with E-state index in [1.165, 1.54) is 241 Å². The fourth-order valence-electron chi connectivity index (χ4n) is 16.4. The van der Waals surface area contributed by atoms with Gasteiger partial charge in [-0.2, -0.15) is 0 Å². The SMILES string of the molecule is CC(=O)Oc1ccc([S+]2CCCC2)c2ccccc12.CC(=O)Oc1ccc([S+]2CCCCC2)c2ccccc12.CC(C)C(=O)Oc1ccc([S+]2CCCC2)c2ccccc12.CC(C)C(=O)Oc1ccc([S+]2CCCCC2)c2ccccc12.CCC(=O)Oc1ccc([S+]2CCCC2)c2ccccc12.CCC(=O)Oc1ccc([S+]2CCCCC2)c2ccccc12. The van der Waals surface area contributed by atoms with E-state index in [1.807, 2.05) is 126 Å². The molecule has 12 aromatic carbocycles. The van der Waals surface area contributed by atoms with Crippen LogP contribution in [-0.4, -0.2) is 105 Å². The van der Waals surface area contributed by atoms with Crippen LogP contribution in [0.1, 0.15) is 165 Å². The van der Waals surface area contributed by atoms with Crippen LogP contribution in [0.15, 0.2) is 248 Å². The van der Waals surface area contributed by atoms with Gasteiger partial charge in [0.05, 0.1) is 11.8 Å². The van der Waals surface area contributed by atoms with Gasteiger partial charge in [-0.15, -0.1) is 0 Å². The standard InChI is InChI=1S/C19H23O2S.2C18H21O2S.2C17H19O2S.C16H17O2S/c1-14(2)19(20)21-17-10-11-18(22-12-6-3-7-13-22)16-9-5-4-8-15(16)17;1-13(2)18(19)20-16-9-10-17(21-11-5-6-12-21)15-8-4-3-7-14(15)16;1-2-18(19)20-16-10-11-17(21-12-6-3-7-13-21)15-9-5-4-8-14(15)16;1-13(18)19-16-9-10-17(20-11-5-2-6-12-20)15-8-4-3-7-14(15)16;1-2-17(18)19-15-9-10-16(20-11-5-6-12-20)14-8-4-3-7-13(14)15;1-12(17)18-15-8-9-16(19-10-4-5-11-19)14-7-3-2-6-13(14)15/h4-5,8-11,14H,3,6-7,12-13H2,1-2H3;3-4,7-10,13H,5-6,11-12H2,1-2H3;4-5,8-11H,2-3,6-7,12-13H2,1H3;2*3-4,7-10H,2,5-6,11-12H2,1H3;2-3,6-9H,4-5,10-11H2,1H3/q6*+1. The molecule has 0 aliphatic carbocycles. The molecule has 12 nitrogen and oxygen atoms in total. The molecular formula is C105H120O12S6+6. The molecule has 642 valence electrons. The number of esters is 6. The normalized spacial score (nSPS) is 16.0. The van der Waals surface area contributed by atoms with Gasteiger partial charge < -0.3 is 28.4 Å². The first-order valence-corrected chi connectivity index (χ1v) is 53.7. The third-order valence-corrected chi connectivity index (χ3v) is 38.0. The molecule has 6 aliphatic rings. The Kier molecular flexibility index (Phi) is 34.2. The number of carbonyl (C=O) groups is 6. The monoisotopic (exact) mass is 1760 g/mol. The average Bonchev–Trinajstić information content (AvgIpc) is 1.74. The number of benzene rings is 12. The van der Waals surface area contributed by atoms with Gasteiger partial charge in [0.25, 0.3) is 0 Å². The van der Waals surface area contributed by atoms with E-state index < -0.39 is 0 Å². The zero-order valence-corrected chi connectivity index (χ0v) is 77.7. The van der Waals surface area contributed by atoms with E-state index in [0.29, 0.717) is 113 Å². The minimum Gasteiger partial charge on any atom is -0.426 e. The number of hydrogen-bond acceptors (Lipinski definition) is 12. The summed E-state index contributed by atoms with van der Waals surface area (Å²) in [6.07, 6.45) is 20.9. The summed E-state index contributed by atoms with van der Waals surface area (Å²) in [7, 11) is 2.17. The van der Waals surface area contributed by atoms with Gasteiger partial charge in [0.15, 0.2) is 29.4 Å². The van der Waals surface area contributed by atoms with Crippen molar-refractivity contribution in [3.63, 3.8) is 0 Å². The van der Waals surface area contributed by atoms with Crippen molar-refractivity contribution in [1.29, 1.82) is 0 Å². The molecule has 6 fully saturated rings. The summed E-state index contributed by atoms with van der Waals surface area (Å²) >= 11 is 0. The van der Waals surface area contributed by atoms with Gasteiger partial charge in [-0.25, -0.2) is 0 Å². The third kappa shape index (κ3) is 24.2. The molecule has 0 saturated carbocycles. The Balaban J connectivity index is 0.000000127. The lowest BCUT2D eigenvalue weighted by atomic mass is 10.1. The van der Waals surface area contributed by atoms with Gasteiger partial charge in [-0.05, 0) is 206 Å². The van der Waals surface area contributed by atoms with Crippen LogP contribution in [0, 0.1) is 11.8 Å². The average molecular weight is 1770 g/mol. The number of hydrogen-bond donors (Lipinski definition) is 0. The largest absolute Gasteiger partial charge is 0.426 e. The number of rotatable bonds is 16. The van der Waals surface area contributed by atoms with Gasteiger partial charge >= 0.3 is 35.8 Å². The highest BCUT2D eigenvalue weighted by atomic mass is 32.2. The minimum atomic E-state index is -0.263. The van der Waals surface area contributed by atoms with Gasteiger partial charge in [0.2, 0.25) is 0 Å². The molecule has 12 aromatic rings. The first-order valence-electron chi connectivity index (χ1n) is 44.3. The summed E-state index contributed by atoms with van der Waals surface area (Å²) in [5.41, 5.74) is 0. The van der Waals surface area contributed by atoms with Gasteiger partial charge in [0.1, 0.15) is 104 Å². The van der Waals surface area contributed by atoms with Crippen molar-refractivity contribution >= 4 is 166 Å². The zero-order chi connectivity index (χ0) is 86.1. The van der Waals surface area contributed by atoms with Crippen LogP contribution in [0.4, 0.5) is 0 Å². The topological polar surface area (TPSA) is 158 Å². The van der Waals surface area contributed by atoms with Crippen LogP contribution < -0.4 is 28.4 Å². The Morgan fingerprint density at radius 1 is 0.228 bits per heavy atom. The molecule has 0 bridgehead atoms. The van der Waals surface area contributed by atoms with E-state index in [2.05, 4.69) is 133 Å². The molecule has 0 N–H and O–H groups in total. The van der Waals surface area contributed by atoms with Crippen molar-refractivity contribution in [2.75, 3.05) is 69.0 Å². The van der Waals surface area contributed by atoms with E-state index >= 15 is 0 Å². The molecular weight excluding hydrogens is 1650 g/mol. The molecule has 6 aliphatic heterocycles. The summed E-state index contributed by atoms with van der Waals surface area (Å²) in [6, 6.07) is 74.5. The van der Waals surface area contributed by atoms with Crippen LogP contribution in [0.2, 0.25) is 0 Å². The predicted octanol–water partition coefficient (Wildman–Crippen LogP) is 24.4. The summed E-state index contributed by atoms with van der Waals surface area (Å²) in [5.74, 6) is 18.3. The summed E-state index contributed by atoms with van der Waals surface area (Å²) in [4.78, 5) is 78.0. The van der Waals surface area contributed by atoms with Crippen LogP contribution in [-0.2, 0) is 94.1 Å². The molecule has 0 atom stereocenters. The lowest BCUT2D eigenvalue weighted by Crippen LogP contribution is -2.18. The predicted molar refractivity (Wildman–Crippen MR) is 521 cm³/mol. The van der Waals surface area contributed by atoms with E-state index in [0.717, 1.165) is 32.3 Å². The third-order valence-electron chi connectivity index (χ3n) is 22.8. The van der Waals surface area contributed by atoms with E-state index in [4.69, 9.17) is 28.4 Å². The highest BCUT2D eigenvalue weighted by Crippen LogP contribution is 2.42.